The van der Waals surface area contributed by atoms with Gasteiger partial charge < -0.3 is 5.32 Å². The Morgan fingerprint density at radius 1 is 1.07 bits per heavy atom. The molecule has 0 saturated carbocycles. The second kappa shape index (κ2) is 8.16. The molecule has 3 rings (SSSR count). The molecule has 1 heterocycles. The fraction of sp³-hybridized carbons (Fsp3) is 0.0526. The first-order valence-electron chi connectivity index (χ1n) is 7.90. The van der Waals surface area contributed by atoms with Gasteiger partial charge in [0.2, 0.25) is 0 Å². The number of carbonyl (C=O) groups is 2. The Kier molecular flexibility index (Phi) is 5.69. The van der Waals surface area contributed by atoms with E-state index in [9.17, 15) is 9.59 Å². The number of benzene rings is 2. The SMILES string of the molecule is Cc1c(Cl)cccc1NC(=O)C(=O)N/N=C/c1cc2ccccc2nc1Cl. The monoisotopic (exact) mass is 400 g/mol. The first kappa shape index (κ1) is 18.8. The van der Waals surface area contributed by atoms with Crippen LogP contribution in [0.2, 0.25) is 10.2 Å². The quantitative estimate of drug-likeness (QED) is 0.302. The number of hydrazone groups is 1. The second-order valence-corrected chi connectivity index (χ2v) is 6.39. The summed E-state index contributed by atoms with van der Waals surface area (Å²) in [6.45, 7) is 1.74. The summed E-state index contributed by atoms with van der Waals surface area (Å²) >= 11 is 12.1. The van der Waals surface area contributed by atoms with Crippen molar-refractivity contribution >= 4 is 57.8 Å². The zero-order valence-electron chi connectivity index (χ0n) is 14.2. The summed E-state index contributed by atoms with van der Waals surface area (Å²) in [4.78, 5) is 28.1. The van der Waals surface area contributed by atoms with Crippen LogP contribution in [0.5, 0.6) is 0 Å². The van der Waals surface area contributed by atoms with Crippen molar-refractivity contribution in [2.45, 2.75) is 6.92 Å². The van der Waals surface area contributed by atoms with Gasteiger partial charge in [-0.3, -0.25) is 9.59 Å². The van der Waals surface area contributed by atoms with Crippen LogP contribution in [-0.4, -0.2) is 23.0 Å². The van der Waals surface area contributed by atoms with Crippen molar-refractivity contribution in [2.24, 2.45) is 5.10 Å². The van der Waals surface area contributed by atoms with Crippen molar-refractivity contribution < 1.29 is 9.59 Å². The molecule has 0 aliphatic rings. The van der Waals surface area contributed by atoms with E-state index in [1.165, 1.54) is 6.21 Å². The van der Waals surface area contributed by atoms with Gasteiger partial charge in [0.15, 0.2) is 0 Å². The van der Waals surface area contributed by atoms with E-state index in [1.807, 2.05) is 24.3 Å². The third-order valence-electron chi connectivity index (χ3n) is 3.80. The third kappa shape index (κ3) is 4.42. The van der Waals surface area contributed by atoms with Gasteiger partial charge in [0.25, 0.3) is 0 Å². The molecule has 0 atom stereocenters. The standard InChI is InChI=1S/C19H14Cl2N4O2/c1-11-14(20)6-4-8-15(11)24-18(26)19(27)25-22-10-13-9-12-5-2-3-7-16(12)23-17(13)21/h2-10H,1H3,(H,24,26)(H,25,27)/b22-10+. The zero-order chi connectivity index (χ0) is 19.4. The average Bonchev–Trinajstić information content (AvgIpc) is 2.65. The number of hydrogen-bond acceptors (Lipinski definition) is 4. The van der Waals surface area contributed by atoms with Gasteiger partial charge in [-0.05, 0) is 36.8 Å². The topological polar surface area (TPSA) is 83.5 Å². The minimum atomic E-state index is -0.921. The molecule has 0 bridgehead atoms. The summed E-state index contributed by atoms with van der Waals surface area (Å²) in [5.41, 5.74) is 4.54. The predicted octanol–water partition coefficient (Wildman–Crippen LogP) is 3.94. The smallest absolute Gasteiger partial charge is 0.317 e. The maximum atomic E-state index is 12.0. The summed E-state index contributed by atoms with van der Waals surface area (Å²) in [5.74, 6) is -1.78. The van der Waals surface area contributed by atoms with Crippen molar-refractivity contribution in [2.75, 3.05) is 5.32 Å². The number of hydrogen-bond donors (Lipinski definition) is 2. The van der Waals surface area contributed by atoms with E-state index in [2.05, 4.69) is 20.8 Å². The number of nitrogens with one attached hydrogen (secondary N) is 2. The highest BCUT2D eigenvalue weighted by atomic mass is 35.5. The van der Waals surface area contributed by atoms with Gasteiger partial charge in [-0.25, -0.2) is 10.4 Å². The van der Waals surface area contributed by atoms with Crippen LogP contribution in [0.3, 0.4) is 0 Å². The van der Waals surface area contributed by atoms with Crippen molar-refractivity contribution in [3.05, 3.63) is 69.8 Å². The van der Waals surface area contributed by atoms with Crippen molar-refractivity contribution in [3.8, 4) is 0 Å². The maximum absolute atomic E-state index is 12.0. The van der Waals surface area contributed by atoms with Crippen LogP contribution in [-0.2, 0) is 9.59 Å². The number of carbonyl (C=O) groups excluding carboxylic acids is 2. The number of halogens is 2. The highest BCUT2D eigenvalue weighted by molar-refractivity contribution is 6.40. The fourth-order valence-corrected chi connectivity index (χ4v) is 2.70. The number of aromatic nitrogens is 1. The van der Waals surface area contributed by atoms with Gasteiger partial charge in [-0.15, -0.1) is 0 Å². The average molecular weight is 401 g/mol. The molecule has 1 aromatic heterocycles. The molecular weight excluding hydrogens is 387 g/mol. The molecule has 0 spiro atoms. The lowest BCUT2D eigenvalue weighted by molar-refractivity contribution is -0.136. The number of para-hydroxylation sites is 1. The van der Waals surface area contributed by atoms with Crippen molar-refractivity contribution in [1.29, 1.82) is 0 Å². The molecule has 2 amide bonds. The summed E-state index contributed by atoms with van der Waals surface area (Å²) < 4.78 is 0. The van der Waals surface area contributed by atoms with Crippen LogP contribution in [0.1, 0.15) is 11.1 Å². The number of nitrogens with zero attached hydrogens (tertiary/aromatic N) is 2. The minimum absolute atomic E-state index is 0.241. The van der Waals surface area contributed by atoms with E-state index in [-0.39, 0.29) is 5.15 Å². The van der Waals surface area contributed by atoms with E-state index in [4.69, 9.17) is 23.2 Å². The van der Waals surface area contributed by atoms with E-state index in [0.717, 1.165) is 10.9 Å². The molecule has 2 aromatic carbocycles. The molecule has 8 heteroatoms. The maximum Gasteiger partial charge on any atom is 0.329 e. The lowest BCUT2D eigenvalue weighted by Gasteiger charge is -2.08. The fourth-order valence-electron chi connectivity index (χ4n) is 2.33. The molecule has 2 N–H and O–H groups in total. The Labute approximate surface area is 165 Å². The molecule has 0 unspecified atom stereocenters. The van der Waals surface area contributed by atoms with Gasteiger partial charge in [0.05, 0.1) is 11.7 Å². The van der Waals surface area contributed by atoms with Gasteiger partial charge in [-0.2, -0.15) is 5.10 Å². The summed E-state index contributed by atoms with van der Waals surface area (Å²) in [6, 6.07) is 14.3. The van der Waals surface area contributed by atoms with E-state index < -0.39 is 11.8 Å². The number of pyridine rings is 1. The minimum Gasteiger partial charge on any atom is -0.317 e. The Balaban J connectivity index is 1.67. The van der Waals surface area contributed by atoms with Gasteiger partial charge >= 0.3 is 11.8 Å². The van der Waals surface area contributed by atoms with Crippen LogP contribution in [0, 0.1) is 6.92 Å². The Morgan fingerprint density at radius 2 is 1.85 bits per heavy atom. The number of amides is 2. The molecule has 6 nitrogen and oxygen atoms in total. The Morgan fingerprint density at radius 3 is 2.67 bits per heavy atom. The largest absolute Gasteiger partial charge is 0.329 e. The van der Waals surface area contributed by atoms with E-state index in [1.54, 1.807) is 31.2 Å². The van der Waals surface area contributed by atoms with Crippen molar-refractivity contribution in [3.63, 3.8) is 0 Å². The summed E-state index contributed by atoms with van der Waals surface area (Å²) in [5, 5.41) is 7.87. The van der Waals surface area contributed by atoms with Gasteiger partial charge in [0, 0.05) is 21.7 Å². The highest BCUT2D eigenvalue weighted by Gasteiger charge is 2.14. The van der Waals surface area contributed by atoms with Crippen molar-refractivity contribution in [1.82, 2.24) is 10.4 Å². The normalized spacial score (nSPS) is 10.9. The van der Waals surface area contributed by atoms with Crippen LogP contribution < -0.4 is 10.7 Å². The van der Waals surface area contributed by atoms with Crippen LogP contribution in [0.25, 0.3) is 10.9 Å². The zero-order valence-corrected chi connectivity index (χ0v) is 15.7. The molecule has 3 aromatic rings. The lowest BCUT2D eigenvalue weighted by atomic mass is 10.2. The van der Waals surface area contributed by atoms with Crippen LogP contribution >= 0.6 is 23.2 Å². The molecule has 0 radical (unpaired) electrons. The molecule has 0 aliphatic heterocycles. The molecule has 0 fully saturated rings. The first-order chi connectivity index (χ1) is 13.0. The van der Waals surface area contributed by atoms with Crippen LogP contribution in [0.15, 0.2) is 53.6 Å². The molecule has 0 aliphatic carbocycles. The van der Waals surface area contributed by atoms with Gasteiger partial charge in [0.1, 0.15) is 5.15 Å². The van der Waals surface area contributed by atoms with E-state index in [0.29, 0.717) is 21.8 Å². The molecule has 27 heavy (non-hydrogen) atoms. The number of anilines is 1. The lowest BCUT2D eigenvalue weighted by Crippen LogP contribution is -2.32. The number of fused-ring (bicyclic) bond motifs is 1. The highest BCUT2D eigenvalue weighted by Crippen LogP contribution is 2.22. The van der Waals surface area contributed by atoms with E-state index >= 15 is 0 Å². The predicted molar refractivity (Wildman–Crippen MR) is 107 cm³/mol. The molecule has 0 saturated heterocycles. The first-order valence-corrected chi connectivity index (χ1v) is 8.66. The molecule has 136 valence electrons. The summed E-state index contributed by atoms with van der Waals surface area (Å²) in [6.07, 6.45) is 1.33. The molecular formula is C19H14Cl2N4O2. The Hall–Kier alpha value is -2.96. The van der Waals surface area contributed by atoms with Crippen LogP contribution in [0.4, 0.5) is 5.69 Å². The third-order valence-corrected chi connectivity index (χ3v) is 4.51. The van der Waals surface area contributed by atoms with Gasteiger partial charge in [-0.1, -0.05) is 47.5 Å². The summed E-state index contributed by atoms with van der Waals surface area (Å²) in [7, 11) is 0. The Bertz CT molecular complexity index is 1070. The number of rotatable bonds is 3. The second-order valence-electron chi connectivity index (χ2n) is 5.63.